The van der Waals surface area contributed by atoms with Gasteiger partial charge < -0.3 is 0 Å². The highest BCUT2D eigenvalue weighted by molar-refractivity contribution is 9.10. The molecule has 1 rings (SSSR count). The van der Waals surface area contributed by atoms with Gasteiger partial charge in [0.15, 0.2) is 0 Å². The first kappa shape index (κ1) is 16.2. The van der Waals surface area contributed by atoms with E-state index in [2.05, 4.69) is 20.7 Å². The fraction of sp³-hybridized carbons (Fsp3) is 0.455. The topological polar surface area (TPSA) is 46.2 Å². The van der Waals surface area contributed by atoms with Crippen molar-refractivity contribution in [2.75, 3.05) is 5.88 Å². The first-order valence-corrected chi connectivity index (χ1v) is 8.63. The van der Waals surface area contributed by atoms with E-state index >= 15 is 0 Å². The van der Waals surface area contributed by atoms with Crippen LogP contribution in [0.5, 0.6) is 0 Å². The lowest BCUT2D eigenvalue weighted by molar-refractivity contribution is 0.531. The highest BCUT2D eigenvalue weighted by atomic mass is 79.9. The number of rotatable bonds is 6. The molecule has 0 spiro atoms. The van der Waals surface area contributed by atoms with Crippen LogP contribution in [0.4, 0.5) is 0 Å². The summed E-state index contributed by atoms with van der Waals surface area (Å²) in [6.07, 6.45) is 1.27. The second kappa shape index (κ2) is 7.10. The average Bonchev–Trinajstić information content (AvgIpc) is 2.27. The van der Waals surface area contributed by atoms with Crippen LogP contribution in [0.25, 0.3) is 0 Å². The first-order chi connectivity index (χ1) is 8.40. The number of nitrogens with one attached hydrogen (secondary N) is 1. The summed E-state index contributed by atoms with van der Waals surface area (Å²) < 4.78 is 27.7. The quantitative estimate of drug-likeness (QED) is 0.770. The van der Waals surface area contributed by atoms with E-state index < -0.39 is 10.0 Å². The molecule has 1 unspecified atom stereocenters. The molecule has 1 aromatic carbocycles. The lowest BCUT2D eigenvalue weighted by Crippen LogP contribution is -2.34. The summed E-state index contributed by atoms with van der Waals surface area (Å²) in [4.78, 5) is 0.0837. The third-order valence-electron chi connectivity index (χ3n) is 2.46. The molecule has 0 aliphatic heterocycles. The lowest BCUT2D eigenvalue weighted by Gasteiger charge is -2.16. The standard InChI is InChI=1S/C11H14BrCl2NO2S/c1-2-9(5-6-13)15-18(16,17)11-4-3-8(12)7-10(11)14/h3-4,7,9,15H,2,5-6H2,1H3. The molecule has 1 aromatic rings. The third kappa shape index (κ3) is 4.38. The minimum absolute atomic E-state index is 0.0837. The Kier molecular flexibility index (Phi) is 6.41. The minimum atomic E-state index is -3.60. The van der Waals surface area contributed by atoms with E-state index in [1.165, 1.54) is 6.07 Å². The normalized spacial score (nSPS) is 13.6. The van der Waals surface area contributed by atoms with Crippen LogP contribution >= 0.6 is 39.1 Å². The maximum Gasteiger partial charge on any atom is 0.242 e. The predicted octanol–water partition coefficient (Wildman–Crippen LogP) is 3.79. The summed E-state index contributed by atoms with van der Waals surface area (Å²) in [7, 11) is -3.60. The van der Waals surface area contributed by atoms with Gasteiger partial charge in [-0.3, -0.25) is 0 Å². The molecule has 3 nitrogen and oxygen atoms in total. The molecule has 102 valence electrons. The Hall–Kier alpha value is 0.190. The first-order valence-electron chi connectivity index (χ1n) is 5.44. The summed E-state index contributed by atoms with van der Waals surface area (Å²) in [5.74, 6) is 0.412. The van der Waals surface area contributed by atoms with Crippen molar-refractivity contribution >= 4 is 49.2 Å². The molecule has 0 amide bonds. The Morgan fingerprint density at radius 1 is 1.44 bits per heavy atom. The van der Waals surface area contributed by atoms with Crippen molar-refractivity contribution in [3.8, 4) is 0 Å². The molecule has 0 radical (unpaired) electrons. The molecule has 18 heavy (non-hydrogen) atoms. The van der Waals surface area contributed by atoms with E-state index in [4.69, 9.17) is 23.2 Å². The molecule has 0 aliphatic rings. The fourth-order valence-electron chi connectivity index (χ4n) is 1.45. The van der Waals surface area contributed by atoms with Crippen LogP contribution < -0.4 is 4.72 Å². The molecular formula is C11H14BrCl2NO2S. The number of sulfonamides is 1. The van der Waals surface area contributed by atoms with Crippen molar-refractivity contribution in [2.24, 2.45) is 0 Å². The third-order valence-corrected chi connectivity index (χ3v) is 5.17. The van der Waals surface area contributed by atoms with Crippen molar-refractivity contribution in [1.82, 2.24) is 4.72 Å². The monoisotopic (exact) mass is 373 g/mol. The largest absolute Gasteiger partial charge is 0.242 e. The zero-order valence-electron chi connectivity index (χ0n) is 9.79. The Morgan fingerprint density at radius 2 is 2.11 bits per heavy atom. The van der Waals surface area contributed by atoms with Gasteiger partial charge in [-0.2, -0.15) is 0 Å². The molecule has 0 saturated carbocycles. The van der Waals surface area contributed by atoms with Gasteiger partial charge in [0.1, 0.15) is 4.90 Å². The number of halogens is 3. The molecule has 0 aliphatic carbocycles. The summed E-state index contributed by atoms with van der Waals surface area (Å²) >= 11 is 14.8. The number of hydrogen-bond donors (Lipinski definition) is 1. The maximum atomic E-state index is 12.2. The maximum absolute atomic E-state index is 12.2. The molecule has 7 heteroatoms. The molecule has 1 atom stereocenters. The average molecular weight is 375 g/mol. The molecule has 0 aromatic heterocycles. The van der Waals surface area contributed by atoms with E-state index in [9.17, 15) is 8.42 Å². The van der Waals surface area contributed by atoms with Gasteiger partial charge in [-0.25, -0.2) is 13.1 Å². The van der Waals surface area contributed by atoms with Gasteiger partial charge in [0.05, 0.1) is 5.02 Å². The highest BCUT2D eigenvalue weighted by Crippen LogP contribution is 2.25. The van der Waals surface area contributed by atoms with Gasteiger partial charge in [-0.15, -0.1) is 11.6 Å². The van der Waals surface area contributed by atoms with E-state index in [-0.39, 0.29) is 16.0 Å². The van der Waals surface area contributed by atoms with Gasteiger partial charge in [-0.1, -0.05) is 34.5 Å². The summed E-state index contributed by atoms with van der Waals surface area (Å²) in [6, 6.07) is 4.50. The van der Waals surface area contributed by atoms with Gasteiger partial charge in [0.2, 0.25) is 10.0 Å². The SMILES string of the molecule is CCC(CCCl)NS(=O)(=O)c1ccc(Br)cc1Cl. The summed E-state index contributed by atoms with van der Waals surface area (Å²) in [6.45, 7) is 1.91. The minimum Gasteiger partial charge on any atom is -0.208 e. The van der Waals surface area contributed by atoms with Gasteiger partial charge in [0, 0.05) is 16.4 Å². The van der Waals surface area contributed by atoms with E-state index in [0.29, 0.717) is 18.7 Å². The zero-order valence-corrected chi connectivity index (χ0v) is 13.7. The van der Waals surface area contributed by atoms with Crippen LogP contribution in [0, 0.1) is 0 Å². The Labute approximate surface area is 126 Å². The molecule has 1 N–H and O–H groups in total. The Morgan fingerprint density at radius 3 is 2.61 bits per heavy atom. The van der Waals surface area contributed by atoms with E-state index in [1.54, 1.807) is 12.1 Å². The lowest BCUT2D eigenvalue weighted by atomic mass is 10.2. The molecular weight excluding hydrogens is 361 g/mol. The number of alkyl halides is 1. The van der Waals surface area contributed by atoms with Gasteiger partial charge >= 0.3 is 0 Å². The van der Waals surface area contributed by atoms with Crippen LogP contribution in [0.2, 0.25) is 5.02 Å². The number of benzene rings is 1. The molecule has 0 heterocycles. The van der Waals surface area contributed by atoms with Crippen LogP contribution in [0.1, 0.15) is 19.8 Å². The highest BCUT2D eigenvalue weighted by Gasteiger charge is 2.21. The second-order valence-corrected chi connectivity index (χ2v) is 7.16. The van der Waals surface area contributed by atoms with Crippen LogP contribution in [-0.2, 0) is 10.0 Å². The van der Waals surface area contributed by atoms with Crippen molar-refractivity contribution in [1.29, 1.82) is 0 Å². The Balaban J connectivity index is 2.99. The van der Waals surface area contributed by atoms with Gasteiger partial charge in [0.25, 0.3) is 0 Å². The number of hydrogen-bond acceptors (Lipinski definition) is 2. The Bertz CT molecular complexity index is 508. The van der Waals surface area contributed by atoms with Crippen molar-refractivity contribution in [3.05, 3.63) is 27.7 Å². The van der Waals surface area contributed by atoms with Crippen molar-refractivity contribution in [3.63, 3.8) is 0 Å². The van der Waals surface area contributed by atoms with E-state index in [0.717, 1.165) is 4.47 Å². The van der Waals surface area contributed by atoms with Gasteiger partial charge in [-0.05, 0) is 31.0 Å². The molecule has 0 saturated heterocycles. The summed E-state index contributed by atoms with van der Waals surface area (Å²) in [5, 5.41) is 0.192. The molecule has 0 bridgehead atoms. The fourth-order valence-corrected chi connectivity index (χ4v) is 4.11. The smallest absolute Gasteiger partial charge is 0.208 e. The van der Waals surface area contributed by atoms with E-state index in [1.807, 2.05) is 6.92 Å². The summed E-state index contributed by atoms with van der Waals surface area (Å²) in [5.41, 5.74) is 0. The zero-order chi connectivity index (χ0) is 13.8. The molecule has 0 fully saturated rings. The van der Waals surface area contributed by atoms with Crippen LogP contribution in [-0.4, -0.2) is 20.3 Å². The van der Waals surface area contributed by atoms with Crippen molar-refractivity contribution in [2.45, 2.75) is 30.7 Å². The van der Waals surface area contributed by atoms with Crippen molar-refractivity contribution < 1.29 is 8.42 Å². The predicted molar refractivity (Wildman–Crippen MR) is 78.9 cm³/mol. The van der Waals surface area contributed by atoms with Crippen LogP contribution in [0.3, 0.4) is 0 Å². The van der Waals surface area contributed by atoms with Crippen LogP contribution in [0.15, 0.2) is 27.6 Å². The second-order valence-electron chi connectivity index (χ2n) is 3.78.